The van der Waals surface area contributed by atoms with Crippen molar-refractivity contribution < 1.29 is 17.6 Å². The molecule has 5 nitrogen and oxygen atoms in total. The van der Waals surface area contributed by atoms with Crippen LogP contribution >= 0.6 is 11.6 Å². The second kappa shape index (κ2) is 7.73. The number of amides is 1. The van der Waals surface area contributed by atoms with E-state index in [-0.39, 0.29) is 16.8 Å². The molecule has 0 radical (unpaired) electrons. The summed E-state index contributed by atoms with van der Waals surface area (Å²) >= 11 is 5.78. The second-order valence-electron chi connectivity index (χ2n) is 6.15. The van der Waals surface area contributed by atoms with Gasteiger partial charge in [0.25, 0.3) is 5.91 Å². The summed E-state index contributed by atoms with van der Waals surface area (Å²) in [4.78, 5) is 14.2. The molecule has 0 aromatic heterocycles. The van der Waals surface area contributed by atoms with Crippen LogP contribution in [0.3, 0.4) is 0 Å². The number of likely N-dealkylation sites (tertiary alicyclic amines) is 1. The summed E-state index contributed by atoms with van der Waals surface area (Å²) in [7, 11) is -3.63. The first-order valence-electron chi connectivity index (χ1n) is 8.18. The first-order valence-corrected chi connectivity index (χ1v) is 10.0. The Hall–Kier alpha value is -1.96. The monoisotopic (exact) mass is 396 g/mol. The van der Waals surface area contributed by atoms with Crippen LogP contribution in [0, 0.1) is 5.82 Å². The third-order valence-electron chi connectivity index (χ3n) is 4.30. The number of sulfonamides is 1. The fourth-order valence-electron chi connectivity index (χ4n) is 2.91. The lowest BCUT2D eigenvalue weighted by molar-refractivity contribution is 0.0711. The molecule has 1 aliphatic heterocycles. The van der Waals surface area contributed by atoms with Gasteiger partial charge in [0, 0.05) is 29.7 Å². The maximum atomic E-state index is 13.3. The molecular formula is C18H18ClFN2O3S. The van der Waals surface area contributed by atoms with Crippen molar-refractivity contribution in [1.29, 1.82) is 0 Å². The maximum absolute atomic E-state index is 13.3. The van der Waals surface area contributed by atoms with Gasteiger partial charge in [-0.25, -0.2) is 17.5 Å². The van der Waals surface area contributed by atoms with Crippen LogP contribution in [0.4, 0.5) is 4.39 Å². The Balaban J connectivity index is 1.60. The minimum absolute atomic E-state index is 0.153. The Morgan fingerprint density at radius 3 is 2.38 bits per heavy atom. The fourth-order valence-corrected chi connectivity index (χ4v) is 4.34. The van der Waals surface area contributed by atoms with Gasteiger partial charge in [0.05, 0.1) is 4.90 Å². The van der Waals surface area contributed by atoms with E-state index >= 15 is 0 Å². The zero-order chi connectivity index (χ0) is 18.7. The molecule has 1 saturated heterocycles. The lowest BCUT2D eigenvalue weighted by atomic mass is 10.0. The van der Waals surface area contributed by atoms with E-state index in [1.54, 1.807) is 11.0 Å². The standard InChI is InChI=1S/C18H18ClFN2O3S/c19-14-4-6-17(7-5-14)26(24,25)21-16-8-10-22(11-9-16)18(23)13-2-1-3-15(20)12-13/h1-7,12,16,21H,8-11H2. The number of nitrogens with zero attached hydrogens (tertiary/aromatic N) is 1. The van der Waals surface area contributed by atoms with Gasteiger partial charge in [0.1, 0.15) is 5.82 Å². The Morgan fingerprint density at radius 1 is 1.12 bits per heavy atom. The smallest absolute Gasteiger partial charge is 0.253 e. The minimum atomic E-state index is -3.63. The van der Waals surface area contributed by atoms with Gasteiger partial charge in [-0.2, -0.15) is 0 Å². The number of carbonyl (C=O) groups excluding carboxylic acids is 1. The van der Waals surface area contributed by atoms with E-state index in [4.69, 9.17) is 11.6 Å². The quantitative estimate of drug-likeness (QED) is 0.863. The minimum Gasteiger partial charge on any atom is -0.339 e. The lowest BCUT2D eigenvalue weighted by Gasteiger charge is -2.32. The van der Waals surface area contributed by atoms with Gasteiger partial charge in [0.2, 0.25) is 10.0 Å². The van der Waals surface area contributed by atoms with Gasteiger partial charge < -0.3 is 4.90 Å². The highest BCUT2D eigenvalue weighted by Crippen LogP contribution is 2.18. The van der Waals surface area contributed by atoms with Crippen LogP contribution in [0.2, 0.25) is 5.02 Å². The number of halogens is 2. The van der Waals surface area contributed by atoms with E-state index < -0.39 is 15.8 Å². The molecule has 0 bridgehead atoms. The highest BCUT2D eigenvalue weighted by Gasteiger charge is 2.27. The molecule has 1 heterocycles. The summed E-state index contributed by atoms with van der Waals surface area (Å²) < 4.78 is 40.8. The van der Waals surface area contributed by atoms with Crippen LogP contribution in [0.1, 0.15) is 23.2 Å². The van der Waals surface area contributed by atoms with Crippen LogP contribution in [0.5, 0.6) is 0 Å². The average molecular weight is 397 g/mol. The third-order valence-corrected chi connectivity index (χ3v) is 6.09. The Labute approximate surface area is 156 Å². The molecule has 0 atom stereocenters. The molecule has 2 aromatic carbocycles. The third kappa shape index (κ3) is 4.41. The van der Waals surface area contributed by atoms with Crippen molar-refractivity contribution >= 4 is 27.5 Å². The van der Waals surface area contributed by atoms with Crippen molar-refractivity contribution in [2.45, 2.75) is 23.8 Å². The topological polar surface area (TPSA) is 66.5 Å². The van der Waals surface area contributed by atoms with Crippen molar-refractivity contribution in [3.63, 3.8) is 0 Å². The van der Waals surface area contributed by atoms with Gasteiger partial charge in [0.15, 0.2) is 0 Å². The summed E-state index contributed by atoms with van der Waals surface area (Å²) in [5.74, 6) is -0.704. The molecule has 1 aliphatic rings. The highest BCUT2D eigenvalue weighted by atomic mass is 35.5. The van der Waals surface area contributed by atoms with Gasteiger partial charge in [-0.15, -0.1) is 0 Å². The molecule has 3 rings (SSSR count). The molecular weight excluding hydrogens is 379 g/mol. The van der Waals surface area contributed by atoms with Crippen molar-refractivity contribution in [3.05, 3.63) is 64.9 Å². The summed E-state index contributed by atoms with van der Waals surface area (Å²) in [5, 5.41) is 0.466. The van der Waals surface area contributed by atoms with Crippen molar-refractivity contribution in [3.8, 4) is 0 Å². The first kappa shape index (κ1) is 18.8. The zero-order valence-corrected chi connectivity index (χ0v) is 15.4. The number of nitrogens with one attached hydrogen (secondary N) is 1. The molecule has 0 unspecified atom stereocenters. The van der Waals surface area contributed by atoms with Gasteiger partial charge in [-0.1, -0.05) is 17.7 Å². The fraction of sp³-hybridized carbons (Fsp3) is 0.278. The van der Waals surface area contributed by atoms with E-state index in [0.717, 1.165) is 0 Å². The molecule has 0 saturated carbocycles. The number of benzene rings is 2. The van der Waals surface area contributed by atoms with Gasteiger partial charge >= 0.3 is 0 Å². The Morgan fingerprint density at radius 2 is 1.77 bits per heavy atom. The number of rotatable bonds is 4. The maximum Gasteiger partial charge on any atom is 0.253 e. The molecule has 138 valence electrons. The molecule has 0 aliphatic carbocycles. The molecule has 1 fully saturated rings. The molecule has 26 heavy (non-hydrogen) atoms. The normalized spacial score (nSPS) is 15.8. The van der Waals surface area contributed by atoms with Crippen LogP contribution in [0.25, 0.3) is 0 Å². The summed E-state index contributed by atoms with van der Waals surface area (Å²) in [6.45, 7) is 0.812. The highest BCUT2D eigenvalue weighted by molar-refractivity contribution is 7.89. The van der Waals surface area contributed by atoms with Crippen LogP contribution in [-0.2, 0) is 10.0 Å². The van der Waals surface area contributed by atoms with Crippen LogP contribution in [0.15, 0.2) is 53.4 Å². The number of piperidine rings is 1. The van der Waals surface area contributed by atoms with E-state index in [1.807, 2.05) is 0 Å². The van der Waals surface area contributed by atoms with Gasteiger partial charge in [-0.05, 0) is 55.3 Å². The lowest BCUT2D eigenvalue weighted by Crippen LogP contribution is -2.46. The zero-order valence-electron chi connectivity index (χ0n) is 13.9. The van der Waals surface area contributed by atoms with E-state index in [2.05, 4.69) is 4.72 Å². The summed E-state index contributed by atoms with van der Waals surface area (Å²) in [6.07, 6.45) is 0.988. The Kier molecular flexibility index (Phi) is 5.60. The van der Waals surface area contributed by atoms with E-state index in [1.165, 1.54) is 42.5 Å². The van der Waals surface area contributed by atoms with E-state index in [9.17, 15) is 17.6 Å². The molecule has 8 heteroatoms. The predicted molar refractivity (Wildman–Crippen MR) is 97.1 cm³/mol. The number of hydrogen-bond acceptors (Lipinski definition) is 3. The van der Waals surface area contributed by atoms with Crippen LogP contribution in [-0.4, -0.2) is 38.4 Å². The number of hydrogen-bond donors (Lipinski definition) is 1. The van der Waals surface area contributed by atoms with Gasteiger partial charge in [-0.3, -0.25) is 4.79 Å². The molecule has 1 N–H and O–H groups in total. The van der Waals surface area contributed by atoms with Crippen molar-refractivity contribution in [1.82, 2.24) is 9.62 Å². The van der Waals surface area contributed by atoms with Crippen molar-refractivity contribution in [2.24, 2.45) is 0 Å². The average Bonchev–Trinajstić information content (AvgIpc) is 2.62. The van der Waals surface area contributed by atoms with Crippen molar-refractivity contribution in [2.75, 3.05) is 13.1 Å². The Bertz CT molecular complexity index is 895. The second-order valence-corrected chi connectivity index (χ2v) is 8.30. The molecule has 0 spiro atoms. The summed E-state index contributed by atoms with van der Waals surface area (Å²) in [6, 6.07) is 11.3. The predicted octanol–water partition coefficient (Wildman–Crippen LogP) is 3.06. The number of carbonyl (C=O) groups is 1. The molecule has 2 aromatic rings. The largest absolute Gasteiger partial charge is 0.339 e. The first-order chi connectivity index (χ1) is 12.3. The van der Waals surface area contributed by atoms with Crippen LogP contribution < -0.4 is 4.72 Å². The SMILES string of the molecule is O=C(c1cccc(F)c1)N1CCC(NS(=O)(=O)c2ccc(Cl)cc2)CC1. The molecule has 1 amide bonds. The van der Waals surface area contributed by atoms with E-state index in [0.29, 0.717) is 36.5 Å². The summed E-state index contributed by atoms with van der Waals surface area (Å²) in [5.41, 5.74) is 0.296.